The first-order valence-electron chi connectivity index (χ1n) is 7.91. The van der Waals surface area contributed by atoms with Gasteiger partial charge in [-0.25, -0.2) is 0 Å². The molecule has 0 saturated heterocycles. The number of rotatable bonds is 4. The molecule has 0 heterocycles. The number of Topliss-reactive ketones (excluding diaryl/α,β-unsaturated/α-hetero) is 1. The maximum Gasteiger partial charge on any atom is 0.432 e. The zero-order valence-corrected chi connectivity index (χ0v) is 14.3. The van der Waals surface area contributed by atoms with E-state index in [-0.39, 0.29) is 25.2 Å². The van der Waals surface area contributed by atoms with Crippen molar-refractivity contribution in [3.8, 4) is 0 Å². The average Bonchev–Trinajstić information content (AvgIpc) is 2.46. The number of esters is 1. The van der Waals surface area contributed by atoms with Crippen LogP contribution in [0, 0.1) is 17.3 Å². The van der Waals surface area contributed by atoms with Gasteiger partial charge in [-0.1, -0.05) is 0 Å². The van der Waals surface area contributed by atoms with Crippen molar-refractivity contribution in [3.05, 3.63) is 0 Å². The normalized spacial score (nSPS) is 37.4. The predicted molar refractivity (Wildman–Crippen MR) is 74.9 cm³/mol. The van der Waals surface area contributed by atoms with Gasteiger partial charge >= 0.3 is 27.5 Å². The van der Waals surface area contributed by atoms with E-state index in [1.165, 1.54) is 0 Å². The second-order valence-electron chi connectivity index (χ2n) is 7.63. The van der Waals surface area contributed by atoms with Gasteiger partial charge in [0.15, 0.2) is 5.78 Å². The number of alkyl halides is 5. The zero-order chi connectivity index (χ0) is 20.6. The van der Waals surface area contributed by atoms with E-state index < -0.39 is 62.8 Å². The molecule has 4 bridgehead atoms. The highest BCUT2D eigenvalue weighted by molar-refractivity contribution is 7.86. The molecule has 5 atom stereocenters. The number of carbonyl (C=O) groups excluding carboxylic acids is 2. The van der Waals surface area contributed by atoms with Gasteiger partial charge in [0.1, 0.15) is 5.60 Å². The molecule has 2 N–H and O–H groups in total. The van der Waals surface area contributed by atoms with Gasteiger partial charge in [-0.05, 0) is 38.0 Å². The highest BCUT2D eigenvalue weighted by Crippen LogP contribution is 2.61. The first kappa shape index (κ1) is 20.4. The maximum atomic E-state index is 13.6. The highest BCUT2D eigenvalue weighted by Gasteiger charge is 2.69. The predicted octanol–water partition coefficient (Wildman–Crippen LogP) is 1.45. The van der Waals surface area contributed by atoms with Crippen LogP contribution in [0.4, 0.5) is 22.0 Å². The SMILES string of the molecule is O=C1C2CC3CC1(O)CC(C(=O)OC(C(F)(F)F)C(F)(F)S(=O)(=O)O)(C3)C2. The number of aliphatic hydroxyl groups is 1. The summed E-state index contributed by atoms with van der Waals surface area (Å²) in [7, 11) is -6.54. The van der Waals surface area contributed by atoms with Gasteiger partial charge in [0.2, 0.25) is 0 Å². The molecule has 7 nitrogen and oxygen atoms in total. The molecule has 4 rings (SSSR count). The topological polar surface area (TPSA) is 118 Å². The quantitative estimate of drug-likeness (QED) is 0.400. The minimum absolute atomic E-state index is 0.0151. The summed E-state index contributed by atoms with van der Waals surface area (Å²) >= 11 is 0. The maximum absolute atomic E-state index is 13.6. The second-order valence-corrected chi connectivity index (χ2v) is 9.12. The van der Waals surface area contributed by atoms with E-state index in [1.807, 2.05) is 0 Å². The van der Waals surface area contributed by atoms with Crippen molar-refractivity contribution in [1.29, 1.82) is 0 Å². The Morgan fingerprint density at radius 2 is 1.78 bits per heavy atom. The third-order valence-corrected chi connectivity index (χ3v) is 6.53. The van der Waals surface area contributed by atoms with E-state index in [4.69, 9.17) is 4.55 Å². The van der Waals surface area contributed by atoms with Crippen LogP contribution < -0.4 is 0 Å². The van der Waals surface area contributed by atoms with E-state index in [0.717, 1.165) is 0 Å². The number of halogens is 5. The number of hydrogen-bond donors (Lipinski definition) is 2. The molecule has 5 unspecified atom stereocenters. The molecule has 0 amide bonds. The summed E-state index contributed by atoms with van der Waals surface area (Å²) in [6.45, 7) is 0. The molecule has 13 heteroatoms. The lowest BCUT2D eigenvalue weighted by atomic mass is 9.47. The summed E-state index contributed by atoms with van der Waals surface area (Å²) in [4.78, 5) is 24.5. The van der Waals surface area contributed by atoms with Gasteiger partial charge in [-0.2, -0.15) is 30.4 Å². The van der Waals surface area contributed by atoms with Crippen LogP contribution in [-0.4, -0.2) is 53.0 Å². The van der Waals surface area contributed by atoms with Gasteiger partial charge in [0, 0.05) is 5.92 Å². The lowest BCUT2D eigenvalue weighted by molar-refractivity contribution is -0.267. The van der Waals surface area contributed by atoms with Gasteiger partial charge in [-0.3, -0.25) is 14.1 Å². The van der Waals surface area contributed by atoms with E-state index in [0.29, 0.717) is 6.42 Å². The highest BCUT2D eigenvalue weighted by atomic mass is 32.2. The Bertz CT molecular complexity index is 794. The fourth-order valence-corrected chi connectivity index (χ4v) is 5.24. The third-order valence-electron chi connectivity index (χ3n) is 5.63. The van der Waals surface area contributed by atoms with E-state index in [9.17, 15) is 45.1 Å². The third kappa shape index (κ3) is 3.03. The largest absolute Gasteiger partial charge is 0.444 e. The van der Waals surface area contributed by atoms with Crippen LogP contribution in [0.1, 0.15) is 32.1 Å². The molecule has 27 heavy (non-hydrogen) atoms. The summed E-state index contributed by atoms with van der Waals surface area (Å²) < 4.78 is 99.9. The van der Waals surface area contributed by atoms with Gasteiger partial charge in [-0.15, -0.1) is 0 Å². The van der Waals surface area contributed by atoms with E-state index in [2.05, 4.69) is 4.74 Å². The molecule has 0 spiro atoms. The van der Waals surface area contributed by atoms with Crippen molar-refractivity contribution in [1.82, 2.24) is 0 Å². The van der Waals surface area contributed by atoms with Crippen molar-refractivity contribution in [3.63, 3.8) is 0 Å². The Kier molecular flexibility index (Phi) is 4.23. The van der Waals surface area contributed by atoms with Crippen molar-refractivity contribution in [2.75, 3.05) is 0 Å². The molecular formula is C14H15F5O7S. The molecule has 4 saturated carbocycles. The molecule has 154 valence electrons. The number of ether oxygens (including phenoxy) is 1. The molecule has 0 radical (unpaired) electrons. The molecule has 4 aliphatic carbocycles. The van der Waals surface area contributed by atoms with Crippen molar-refractivity contribution < 1.29 is 54.4 Å². The van der Waals surface area contributed by atoms with Gasteiger partial charge in [0.25, 0.3) is 6.10 Å². The molecule has 0 aromatic carbocycles. The average molecular weight is 422 g/mol. The molecule has 0 aromatic rings. The number of ketones is 1. The number of hydrogen-bond acceptors (Lipinski definition) is 6. The van der Waals surface area contributed by atoms with Crippen LogP contribution in [-0.2, 0) is 24.4 Å². The van der Waals surface area contributed by atoms with Crippen LogP contribution >= 0.6 is 0 Å². The Hall–Kier alpha value is -1.34. The summed E-state index contributed by atoms with van der Waals surface area (Å²) in [6, 6.07) is 0. The summed E-state index contributed by atoms with van der Waals surface area (Å²) in [5, 5.41) is 4.58. The standard InChI is InChI=1S/C14H15F5O7S/c15-13(16,17)9(14(18,19)27(23,24)25)26-10(21)11-2-6-1-7(4-11)8(20)12(22,3-6)5-11/h6-7,9,22H,1-5H2,(H,23,24,25). The van der Waals surface area contributed by atoms with Crippen LogP contribution in [0.5, 0.6) is 0 Å². The molecule has 4 fully saturated rings. The fraction of sp³-hybridized carbons (Fsp3) is 0.857. The monoisotopic (exact) mass is 422 g/mol. The van der Waals surface area contributed by atoms with Crippen molar-refractivity contribution in [2.24, 2.45) is 17.3 Å². The Balaban J connectivity index is 1.93. The smallest absolute Gasteiger partial charge is 0.432 e. The van der Waals surface area contributed by atoms with Gasteiger partial charge in [0.05, 0.1) is 5.41 Å². The van der Waals surface area contributed by atoms with Gasteiger partial charge < -0.3 is 9.84 Å². The lowest BCUT2D eigenvalue weighted by Crippen LogP contribution is -2.64. The second kappa shape index (κ2) is 5.60. The van der Waals surface area contributed by atoms with Crippen LogP contribution in [0.15, 0.2) is 0 Å². The zero-order valence-electron chi connectivity index (χ0n) is 13.5. The Labute approximate surface area is 149 Å². The minimum Gasteiger partial charge on any atom is -0.444 e. The first-order valence-corrected chi connectivity index (χ1v) is 9.35. The molecule has 4 aliphatic rings. The fourth-order valence-electron chi connectivity index (χ4n) is 4.79. The summed E-state index contributed by atoms with van der Waals surface area (Å²) in [6.07, 6.45) is -11.0. The van der Waals surface area contributed by atoms with E-state index in [1.54, 1.807) is 0 Å². The summed E-state index contributed by atoms with van der Waals surface area (Å²) in [5.41, 5.74) is -3.74. The van der Waals surface area contributed by atoms with E-state index >= 15 is 0 Å². The van der Waals surface area contributed by atoms with Crippen molar-refractivity contribution in [2.45, 2.75) is 55.2 Å². The summed E-state index contributed by atoms with van der Waals surface area (Å²) in [5.74, 6) is -3.50. The lowest BCUT2D eigenvalue weighted by Gasteiger charge is -2.57. The van der Waals surface area contributed by atoms with Crippen molar-refractivity contribution >= 4 is 21.9 Å². The Morgan fingerprint density at radius 1 is 1.19 bits per heavy atom. The molecule has 0 aliphatic heterocycles. The minimum atomic E-state index is -6.54. The molecular weight excluding hydrogens is 407 g/mol. The molecule has 0 aromatic heterocycles. The first-order chi connectivity index (χ1) is 12.0. The number of carbonyl (C=O) groups is 2. The van der Waals surface area contributed by atoms with Crippen LogP contribution in [0.25, 0.3) is 0 Å². The van der Waals surface area contributed by atoms with Crippen LogP contribution in [0.2, 0.25) is 0 Å². The Morgan fingerprint density at radius 3 is 2.26 bits per heavy atom. The van der Waals surface area contributed by atoms with Crippen LogP contribution in [0.3, 0.4) is 0 Å².